The molecule has 1 atom stereocenters. The van der Waals surface area contributed by atoms with Gasteiger partial charge in [0.2, 0.25) is 5.91 Å². The van der Waals surface area contributed by atoms with Crippen molar-refractivity contribution in [3.8, 4) is 11.3 Å². The molecule has 3 fully saturated rings. The zero-order valence-corrected chi connectivity index (χ0v) is 14.2. The van der Waals surface area contributed by atoms with Gasteiger partial charge in [-0.3, -0.25) is 20.2 Å². The minimum Gasteiger partial charge on any atom is -0.321 e. The number of amides is 1. The maximum atomic E-state index is 13.3. The van der Waals surface area contributed by atoms with E-state index in [9.17, 15) is 4.79 Å². The number of nitrogens with one attached hydrogen (secondary N) is 2. The summed E-state index contributed by atoms with van der Waals surface area (Å²) in [5.41, 5.74) is 2.64. The Labute approximate surface area is 147 Å². The fraction of sp³-hybridized carbons (Fsp3) is 0.526. The summed E-state index contributed by atoms with van der Waals surface area (Å²) in [4.78, 5) is 19.6. The average Bonchev–Trinajstić information content (AvgIpc) is 3.06. The van der Waals surface area contributed by atoms with Gasteiger partial charge in [-0.05, 0) is 43.7 Å². The Kier molecular flexibility index (Phi) is 3.41. The first-order valence-electron chi connectivity index (χ1n) is 9.29. The first kappa shape index (κ1) is 15.1. The van der Waals surface area contributed by atoms with Gasteiger partial charge in [0.15, 0.2) is 0 Å². The lowest BCUT2D eigenvalue weighted by molar-refractivity contribution is -0.133. The Bertz CT molecular complexity index is 776. The number of aromatic nitrogens is 3. The van der Waals surface area contributed by atoms with Crippen LogP contribution in [0.2, 0.25) is 0 Å². The van der Waals surface area contributed by atoms with Crippen LogP contribution in [0.5, 0.6) is 0 Å². The molecule has 25 heavy (non-hydrogen) atoms. The van der Waals surface area contributed by atoms with E-state index in [-0.39, 0.29) is 11.7 Å². The normalized spacial score (nSPS) is 25.2. The number of H-pyrrole nitrogens is 1. The third-order valence-corrected chi connectivity index (χ3v) is 5.92. The van der Waals surface area contributed by atoms with Crippen molar-refractivity contribution >= 4 is 5.91 Å². The molecule has 2 aliphatic carbocycles. The van der Waals surface area contributed by atoms with Gasteiger partial charge in [0.05, 0.1) is 17.4 Å². The van der Waals surface area contributed by atoms with Gasteiger partial charge in [-0.2, -0.15) is 5.10 Å². The number of nitrogens with zero attached hydrogens (tertiary/aromatic N) is 3. The number of hydrogen-bond donors (Lipinski definition) is 2. The minimum absolute atomic E-state index is 0.0971. The van der Waals surface area contributed by atoms with Gasteiger partial charge < -0.3 is 4.90 Å². The maximum Gasteiger partial charge on any atom is 0.244 e. The SMILES string of the molecule is O=C1N(CC2CC2)[C@H](c2cn[nH]c2-c2cccnc2)NC12CCCC2. The van der Waals surface area contributed by atoms with Gasteiger partial charge in [0.1, 0.15) is 6.17 Å². The van der Waals surface area contributed by atoms with E-state index in [1.54, 1.807) is 6.20 Å². The van der Waals surface area contributed by atoms with E-state index >= 15 is 0 Å². The second-order valence-electron chi connectivity index (χ2n) is 7.68. The Morgan fingerprint density at radius 1 is 1.24 bits per heavy atom. The van der Waals surface area contributed by atoms with Crippen LogP contribution in [0.15, 0.2) is 30.7 Å². The van der Waals surface area contributed by atoms with Crippen molar-refractivity contribution in [1.82, 2.24) is 25.4 Å². The predicted molar refractivity (Wildman–Crippen MR) is 93.3 cm³/mol. The van der Waals surface area contributed by atoms with Crippen LogP contribution in [0.25, 0.3) is 11.3 Å². The van der Waals surface area contributed by atoms with Gasteiger partial charge in [0.25, 0.3) is 0 Å². The van der Waals surface area contributed by atoms with E-state index < -0.39 is 0 Å². The van der Waals surface area contributed by atoms with Crippen molar-refractivity contribution < 1.29 is 4.79 Å². The van der Waals surface area contributed by atoms with Crippen molar-refractivity contribution in [1.29, 1.82) is 0 Å². The molecule has 1 aliphatic heterocycles. The molecule has 5 rings (SSSR count). The van der Waals surface area contributed by atoms with E-state index in [1.165, 1.54) is 12.8 Å². The molecule has 2 aromatic rings. The molecule has 2 aromatic heterocycles. The largest absolute Gasteiger partial charge is 0.321 e. The quantitative estimate of drug-likeness (QED) is 0.899. The van der Waals surface area contributed by atoms with Crippen molar-refractivity contribution in [3.63, 3.8) is 0 Å². The van der Waals surface area contributed by atoms with Crippen LogP contribution in [0.3, 0.4) is 0 Å². The molecular formula is C19H23N5O. The monoisotopic (exact) mass is 337 g/mol. The standard InChI is InChI=1S/C19H23N5O/c25-18-19(7-1-2-8-19)22-17(24(18)12-13-5-6-13)15-11-21-23-16(15)14-4-3-9-20-10-14/h3-4,9-11,13,17,22H,1-2,5-8,12H2,(H,21,23)/t17-/m1/s1. The van der Waals surface area contributed by atoms with Crippen LogP contribution in [-0.4, -0.2) is 38.1 Å². The number of pyridine rings is 1. The summed E-state index contributed by atoms with van der Waals surface area (Å²) in [5.74, 6) is 0.957. The lowest BCUT2D eigenvalue weighted by Gasteiger charge is -2.24. The third-order valence-electron chi connectivity index (χ3n) is 5.92. The molecule has 0 bridgehead atoms. The zero-order valence-electron chi connectivity index (χ0n) is 14.2. The van der Waals surface area contributed by atoms with Crippen LogP contribution < -0.4 is 5.32 Å². The number of hydrogen-bond acceptors (Lipinski definition) is 4. The number of rotatable bonds is 4. The van der Waals surface area contributed by atoms with Gasteiger partial charge in [-0.1, -0.05) is 12.8 Å². The maximum absolute atomic E-state index is 13.3. The fourth-order valence-corrected chi connectivity index (χ4v) is 4.39. The van der Waals surface area contributed by atoms with Crippen molar-refractivity contribution in [2.24, 2.45) is 5.92 Å². The Hall–Kier alpha value is -2.21. The molecule has 0 aromatic carbocycles. The fourth-order valence-electron chi connectivity index (χ4n) is 4.39. The van der Waals surface area contributed by atoms with Crippen LogP contribution in [0.4, 0.5) is 0 Å². The number of aromatic amines is 1. The van der Waals surface area contributed by atoms with E-state index in [0.717, 1.165) is 49.0 Å². The molecule has 1 spiro atoms. The number of carbonyl (C=O) groups excluding carboxylic acids is 1. The van der Waals surface area contributed by atoms with Gasteiger partial charge >= 0.3 is 0 Å². The molecule has 0 unspecified atom stereocenters. The van der Waals surface area contributed by atoms with Gasteiger partial charge in [-0.15, -0.1) is 0 Å². The van der Waals surface area contributed by atoms with Crippen LogP contribution >= 0.6 is 0 Å². The second kappa shape index (κ2) is 5.66. The van der Waals surface area contributed by atoms with Crippen LogP contribution in [-0.2, 0) is 4.79 Å². The highest BCUT2D eigenvalue weighted by molar-refractivity contribution is 5.89. The molecule has 1 amide bonds. The van der Waals surface area contributed by atoms with E-state index in [2.05, 4.69) is 25.4 Å². The van der Waals surface area contributed by atoms with Crippen molar-refractivity contribution in [2.45, 2.75) is 50.2 Å². The molecular weight excluding hydrogens is 314 g/mol. The van der Waals surface area contributed by atoms with Crippen molar-refractivity contribution in [3.05, 3.63) is 36.3 Å². The average molecular weight is 337 g/mol. The zero-order chi connectivity index (χ0) is 16.9. The van der Waals surface area contributed by atoms with E-state index in [4.69, 9.17) is 0 Å². The summed E-state index contributed by atoms with van der Waals surface area (Å²) in [6.45, 7) is 0.857. The Morgan fingerprint density at radius 2 is 2.08 bits per heavy atom. The Morgan fingerprint density at radius 3 is 2.80 bits per heavy atom. The highest BCUT2D eigenvalue weighted by atomic mass is 16.2. The molecule has 3 heterocycles. The first-order chi connectivity index (χ1) is 12.3. The second-order valence-corrected chi connectivity index (χ2v) is 7.68. The molecule has 6 nitrogen and oxygen atoms in total. The topological polar surface area (TPSA) is 73.9 Å². The summed E-state index contributed by atoms with van der Waals surface area (Å²) in [5, 5.41) is 11.1. The molecule has 130 valence electrons. The van der Waals surface area contributed by atoms with Crippen LogP contribution in [0.1, 0.15) is 50.3 Å². The predicted octanol–water partition coefficient (Wildman–Crippen LogP) is 2.62. The molecule has 0 radical (unpaired) electrons. The summed E-state index contributed by atoms with van der Waals surface area (Å²) in [7, 11) is 0. The summed E-state index contributed by atoms with van der Waals surface area (Å²) in [6.07, 6.45) is 12.0. The third kappa shape index (κ3) is 2.47. The van der Waals surface area contributed by atoms with Crippen molar-refractivity contribution in [2.75, 3.05) is 6.54 Å². The summed E-state index contributed by atoms with van der Waals surface area (Å²) < 4.78 is 0. The van der Waals surface area contributed by atoms with Gasteiger partial charge in [-0.25, -0.2) is 0 Å². The number of carbonyl (C=O) groups is 1. The smallest absolute Gasteiger partial charge is 0.244 e. The summed E-state index contributed by atoms with van der Waals surface area (Å²) in [6, 6.07) is 3.95. The van der Waals surface area contributed by atoms with E-state index in [1.807, 2.05) is 24.5 Å². The Balaban J connectivity index is 1.53. The minimum atomic E-state index is -0.358. The van der Waals surface area contributed by atoms with Crippen LogP contribution in [0, 0.1) is 5.92 Å². The van der Waals surface area contributed by atoms with Gasteiger partial charge in [0, 0.05) is 30.1 Å². The molecule has 2 saturated carbocycles. The highest BCUT2D eigenvalue weighted by Crippen LogP contribution is 2.44. The summed E-state index contributed by atoms with van der Waals surface area (Å²) >= 11 is 0. The molecule has 2 N–H and O–H groups in total. The van der Waals surface area contributed by atoms with E-state index in [0.29, 0.717) is 11.8 Å². The highest BCUT2D eigenvalue weighted by Gasteiger charge is 2.53. The first-order valence-corrected chi connectivity index (χ1v) is 9.29. The molecule has 3 aliphatic rings. The molecule has 1 saturated heterocycles. The molecule has 6 heteroatoms. The lowest BCUT2D eigenvalue weighted by atomic mass is 9.98. The lowest BCUT2D eigenvalue weighted by Crippen LogP contribution is -2.44.